The van der Waals surface area contributed by atoms with Crippen molar-refractivity contribution < 1.29 is 4.63 Å². The van der Waals surface area contributed by atoms with E-state index < -0.39 is 0 Å². The first kappa shape index (κ1) is 11.8. The fourth-order valence-electron chi connectivity index (χ4n) is 1.58. The molecule has 0 radical (unpaired) electrons. The highest BCUT2D eigenvalue weighted by molar-refractivity contribution is 5.03. The maximum atomic E-state index is 4.62. The van der Waals surface area contributed by atoms with Gasteiger partial charge in [0.25, 0.3) is 0 Å². The number of rotatable bonds is 7. The van der Waals surface area contributed by atoms with Gasteiger partial charge in [0.15, 0.2) is 0 Å². The van der Waals surface area contributed by atoms with Crippen molar-refractivity contribution >= 4 is 0 Å². The maximum absolute atomic E-state index is 4.62. The van der Waals surface area contributed by atoms with Crippen LogP contribution in [0.4, 0.5) is 0 Å². The summed E-state index contributed by atoms with van der Waals surface area (Å²) in [4.78, 5) is 4.00. The lowest BCUT2D eigenvalue weighted by Crippen LogP contribution is -2.16. The van der Waals surface area contributed by atoms with Crippen LogP contribution >= 0.6 is 0 Å². The summed E-state index contributed by atoms with van der Waals surface area (Å²) in [6.45, 7) is 4.61. The van der Waals surface area contributed by atoms with Crippen LogP contribution in [-0.2, 0) is 13.1 Å². The van der Waals surface area contributed by atoms with Gasteiger partial charge in [0.1, 0.15) is 11.4 Å². The van der Waals surface area contributed by atoms with Crippen LogP contribution in [0.15, 0.2) is 23.4 Å². The Morgan fingerprint density at radius 3 is 3.00 bits per heavy atom. The Kier molecular flexibility index (Phi) is 4.26. The van der Waals surface area contributed by atoms with E-state index in [-0.39, 0.29) is 0 Å². The molecule has 2 rings (SSSR count). The summed E-state index contributed by atoms with van der Waals surface area (Å²) in [5.41, 5.74) is 1.75. The second kappa shape index (κ2) is 6.15. The topological polar surface area (TPSA) is 68.8 Å². The number of unbranched alkanes of at least 4 members (excludes halogenated alkanes) is 1. The molecule has 1 N–H and O–H groups in total. The van der Waals surface area contributed by atoms with Gasteiger partial charge in [-0.3, -0.25) is 0 Å². The molecule has 0 aromatic carbocycles. The number of hydrogen-bond acceptors (Lipinski definition) is 5. The Bertz CT molecular complexity index is 423. The zero-order valence-electron chi connectivity index (χ0n) is 9.96. The van der Waals surface area contributed by atoms with Gasteiger partial charge in [-0.25, -0.2) is 9.61 Å². The Balaban J connectivity index is 1.54. The van der Waals surface area contributed by atoms with E-state index in [4.69, 9.17) is 0 Å². The van der Waals surface area contributed by atoms with Crippen LogP contribution in [0.25, 0.3) is 0 Å². The molecule has 6 heteroatoms. The maximum Gasteiger partial charge on any atom is 0.121 e. The smallest absolute Gasteiger partial charge is 0.121 e. The fraction of sp³-hybridized carbons (Fsp3) is 0.545. The molecular weight excluding hydrogens is 218 g/mol. The molecule has 6 nitrogen and oxygen atoms in total. The molecule has 2 aromatic heterocycles. The average molecular weight is 235 g/mol. The monoisotopic (exact) mass is 235 g/mol. The first-order chi connectivity index (χ1) is 8.36. The van der Waals surface area contributed by atoms with Crippen molar-refractivity contribution in [2.75, 3.05) is 6.54 Å². The molecule has 0 saturated heterocycles. The quantitative estimate of drug-likeness (QED) is 0.729. The number of aryl methyl sites for hydroxylation is 2. The molecule has 0 saturated carbocycles. The van der Waals surface area contributed by atoms with E-state index in [1.807, 2.05) is 19.4 Å². The van der Waals surface area contributed by atoms with Gasteiger partial charge in [0.2, 0.25) is 0 Å². The molecule has 0 spiro atoms. The van der Waals surface area contributed by atoms with Crippen molar-refractivity contribution in [3.8, 4) is 0 Å². The van der Waals surface area contributed by atoms with Crippen molar-refractivity contribution in [2.45, 2.75) is 32.9 Å². The van der Waals surface area contributed by atoms with Gasteiger partial charge in [0, 0.05) is 25.5 Å². The highest BCUT2D eigenvalue weighted by Crippen LogP contribution is 1.99. The molecule has 0 unspecified atom stereocenters. The van der Waals surface area contributed by atoms with Crippen LogP contribution in [0.2, 0.25) is 0 Å². The van der Waals surface area contributed by atoms with Gasteiger partial charge >= 0.3 is 0 Å². The fourth-order valence-corrected chi connectivity index (χ4v) is 1.58. The predicted octanol–water partition coefficient (Wildman–Crippen LogP) is 1.14. The molecule has 17 heavy (non-hydrogen) atoms. The molecule has 0 fully saturated rings. The van der Waals surface area contributed by atoms with Gasteiger partial charge in [-0.05, 0) is 26.3 Å². The lowest BCUT2D eigenvalue weighted by Gasteiger charge is -2.03. The zero-order chi connectivity index (χ0) is 11.9. The average Bonchev–Trinajstić information content (AvgIpc) is 2.95. The Labute approximate surface area is 100 Å². The number of aromatic nitrogens is 4. The van der Waals surface area contributed by atoms with Crippen LogP contribution in [0.1, 0.15) is 24.2 Å². The zero-order valence-corrected chi connectivity index (χ0v) is 9.96. The minimum absolute atomic E-state index is 0.723. The normalized spacial score (nSPS) is 10.9. The lowest BCUT2D eigenvalue weighted by atomic mass is 10.3. The molecule has 0 amide bonds. The van der Waals surface area contributed by atoms with Crippen molar-refractivity contribution in [2.24, 2.45) is 0 Å². The molecule has 2 heterocycles. The molecule has 0 aliphatic rings. The lowest BCUT2D eigenvalue weighted by molar-refractivity contribution is 0.300. The minimum atomic E-state index is 0.723. The van der Waals surface area contributed by atoms with Crippen molar-refractivity contribution in [1.82, 2.24) is 25.2 Å². The highest BCUT2D eigenvalue weighted by Gasteiger charge is 2.03. The first-order valence-electron chi connectivity index (χ1n) is 5.81. The number of imidazole rings is 1. The Hall–Kier alpha value is -1.69. The molecule has 92 valence electrons. The summed E-state index contributed by atoms with van der Waals surface area (Å²) in [5, 5.41) is 10.9. The largest absolute Gasteiger partial charge is 0.337 e. The third-order valence-corrected chi connectivity index (χ3v) is 2.62. The summed E-state index contributed by atoms with van der Waals surface area (Å²) in [6, 6.07) is 0. The summed E-state index contributed by atoms with van der Waals surface area (Å²) in [7, 11) is 0. The van der Waals surface area contributed by atoms with E-state index in [0.717, 1.165) is 43.9 Å². The van der Waals surface area contributed by atoms with Crippen LogP contribution in [0, 0.1) is 6.92 Å². The van der Waals surface area contributed by atoms with Crippen LogP contribution < -0.4 is 5.32 Å². The minimum Gasteiger partial charge on any atom is -0.337 e. The summed E-state index contributed by atoms with van der Waals surface area (Å²) >= 11 is 0. The molecule has 0 aliphatic heterocycles. The van der Waals surface area contributed by atoms with E-state index in [1.54, 1.807) is 6.20 Å². The van der Waals surface area contributed by atoms with E-state index in [0.29, 0.717) is 0 Å². The standard InChI is InChI=1S/C11H17N5O/c1-10-11(15-17-14-10)8-12-4-2-3-6-16-7-5-13-9-16/h5,7,9,12H,2-4,6,8H2,1H3. The summed E-state index contributed by atoms with van der Waals surface area (Å²) < 4.78 is 6.71. The van der Waals surface area contributed by atoms with Gasteiger partial charge in [-0.1, -0.05) is 10.3 Å². The van der Waals surface area contributed by atoms with E-state index in [1.165, 1.54) is 0 Å². The highest BCUT2D eigenvalue weighted by atomic mass is 16.6. The van der Waals surface area contributed by atoms with E-state index in [9.17, 15) is 0 Å². The number of nitrogens with zero attached hydrogens (tertiary/aromatic N) is 4. The SMILES string of the molecule is Cc1nonc1CNCCCCn1ccnc1. The van der Waals surface area contributed by atoms with Crippen LogP contribution in [-0.4, -0.2) is 26.4 Å². The van der Waals surface area contributed by atoms with Gasteiger partial charge < -0.3 is 9.88 Å². The van der Waals surface area contributed by atoms with Gasteiger partial charge in [-0.2, -0.15) is 0 Å². The van der Waals surface area contributed by atoms with Crippen molar-refractivity contribution in [3.63, 3.8) is 0 Å². The Morgan fingerprint density at radius 1 is 1.35 bits per heavy atom. The van der Waals surface area contributed by atoms with E-state index >= 15 is 0 Å². The van der Waals surface area contributed by atoms with Crippen LogP contribution in [0.3, 0.4) is 0 Å². The first-order valence-corrected chi connectivity index (χ1v) is 5.81. The van der Waals surface area contributed by atoms with E-state index in [2.05, 4.69) is 29.8 Å². The second-order valence-electron chi connectivity index (χ2n) is 3.98. The number of nitrogens with one attached hydrogen (secondary N) is 1. The predicted molar refractivity (Wildman–Crippen MR) is 62.2 cm³/mol. The third kappa shape index (κ3) is 3.67. The summed E-state index contributed by atoms with van der Waals surface area (Å²) in [5.74, 6) is 0. The Morgan fingerprint density at radius 2 is 2.29 bits per heavy atom. The number of hydrogen-bond donors (Lipinski definition) is 1. The van der Waals surface area contributed by atoms with Gasteiger partial charge in [-0.15, -0.1) is 0 Å². The molecule has 2 aromatic rings. The third-order valence-electron chi connectivity index (χ3n) is 2.62. The second-order valence-corrected chi connectivity index (χ2v) is 3.98. The summed E-state index contributed by atoms with van der Waals surface area (Å²) in [6.07, 6.45) is 7.90. The molecule has 0 bridgehead atoms. The molecule has 0 aliphatic carbocycles. The van der Waals surface area contributed by atoms with Crippen molar-refractivity contribution in [1.29, 1.82) is 0 Å². The van der Waals surface area contributed by atoms with Crippen molar-refractivity contribution in [3.05, 3.63) is 30.1 Å². The van der Waals surface area contributed by atoms with Gasteiger partial charge in [0.05, 0.1) is 6.33 Å². The molecular formula is C11H17N5O. The van der Waals surface area contributed by atoms with Crippen LogP contribution in [0.5, 0.6) is 0 Å². The molecule has 0 atom stereocenters.